The Balaban J connectivity index is 1.51. The van der Waals surface area contributed by atoms with Gasteiger partial charge in [-0.15, -0.1) is 0 Å². The molecule has 0 atom stereocenters. The molecule has 51 heavy (non-hydrogen) atoms. The van der Waals surface area contributed by atoms with E-state index in [0.717, 1.165) is 42.5 Å². The number of nitrogens with one attached hydrogen (secondary N) is 1. The Morgan fingerprint density at radius 3 is 1.82 bits per heavy atom. The summed E-state index contributed by atoms with van der Waals surface area (Å²) in [6, 6.07) is 7.89. The normalized spacial score (nSPS) is 23.5. The van der Waals surface area contributed by atoms with Crippen LogP contribution in [0, 0.1) is 23.4 Å². The first-order chi connectivity index (χ1) is 23.8. The maximum atomic E-state index is 14.5. The second kappa shape index (κ2) is 14.4. The highest BCUT2D eigenvalue weighted by Gasteiger charge is 2.73. The molecular weight excluding hydrogens is 717 g/mol. The highest BCUT2D eigenvalue weighted by Crippen LogP contribution is 2.54. The monoisotopic (exact) mass is 751 g/mol. The van der Waals surface area contributed by atoms with Crippen molar-refractivity contribution in [1.82, 2.24) is 5.32 Å². The second-order valence-electron chi connectivity index (χ2n) is 13.0. The number of amides is 1. The van der Waals surface area contributed by atoms with Crippen LogP contribution in [-0.4, -0.2) is 43.9 Å². The van der Waals surface area contributed by atoms with E-state index >= 15 is 0 Å². The Morgan fingerprint density at radius 2 is 1.31 bits per heavy atom. The molecule has 0 unspecified atom stereocenters. The summed E-state index contributed by atoms with van der Waals surface area (Å²) < 4.78 is 160. The third-order valence-corrected chi connectivity index (χ3v) is 12.5. The van der Waals surface area contributed by atoms with Crippen LogP contribution in [0.5, 0.6) is 0 Å². The summed E-state index contributed by atoms with van der Waals surface area (Å²) in [6.07, 6.45) is -11.4. The predicted molar refractivity (Wildman–Crippen MR) is 165 cm³/mol. The molecular formula is C35H34F9NO5S. The molecule has 2 N–H and O–H groups in total. The minimum Gasteiger partial charge on any atom is -0.393 e. The SMILES string of the molecule is O=C(NC1CCC(c2ccc(C(OCc3c(F)cccc3F)(C(F)(F)F)C(F)(F)F)cc2)(S(=O)(=O)c2ccc(F)cc2)CC1)C1CCC(O)CC1. The van der Waals surface area contributed by atoms with Crippen molar-refractivity contribution in [3.8, 4) is 0 Å². The molecule has 0 heterocycles. The van der Waals surface area contributed by atoms with Crippen LogP contribution >= 0.6 is 0 Å². The molecule has 0 spiro atoms. The van der Waals surface area contributed by atoms with Gasteiger partial charge in [0.25, 0.3) is 5.60 Å². The smallest absolute Gasteiger partial charge is 0.393 e. The third kappa shape index (κ3) is 7.36. The maximum absolute atomic E-state index is 14.5. The van der Waals surface area contributed by atoms with Gasteiger partial charge in [-0.2, -0.15) is 26.3 Å². The Bertz CT molecular complexity index is 1760. The number of benzene rings is 3. The first-order valence-corrected chi connectivity index (χ1v) is 17.6. The number of halogens is 9. The van der Waals surface area contributed by atoms with Gasteiger partial charge in [-0.25, -0.2) is 21.6 Å². The lowest BCUT2D eigenvalue weighted by Gasteiger charge is -2.41. The van der Waals surface area contributed by atoms with Crippen LogP contribution in [0.4, 0.5) is 39.5 Å². The van der Waals surface area contributed by atoms with Crippen LogP contribution in [0.3, 0.4) is 0 Å². The Labute approximate surface area is 287 Å². The van der Waals surface area contributed by atoms with Crippen molar-refractivity contribution in [1.29, 1.82) is 0 Å². The molecule has 2 aliphatic carbocycles. The van der Waals surface area contributed by atoms with Crippen molar-refractivity contribution in [3.05, 3.63) is 101 Å². The molecule has 3 aromatic rings. The quantitative estimate of drug-likeness (QED) is 0.171. The Hall–Kier alpha value is -3.63. The fourth-order valence-corrected chi connectivity index (χ4v) is 9.20. The van der Waals surface area contributed by atoms with Gasteiger partial charge in [0.05, 0.1) is 17.6 Å². The minimum atomic E-state index is -6.21. The summed E-state index contributed by atoms with van der Waals surface area (Å²) >= 11 is 0. The van der Waals surface area contributed by atoms with Gasteiger partial charge in [0, 0.05) is 23.1 Å². The number of carbonyl (C=O) groups excluding carboxylic acids is 1. The van der Waals surface area contributed by atoms with Crippen molar-refractivity contribution in [2.75, 3.05) is 0 Å². The van der Waals surface area contributed by atoms with E-state index in [9.17, 15) is 57.8 Å². The number of ether oxygens (including phenoxy) is 1. The van der Waals surface area contributed by atoms with E-state index in [0.29, 0.717) is 49.9 Å². The minimum absolute atomic E-state index is 0.0651. The lowest BCUT2D eigenvalue weighted by atomic mass is 9.79. The molecule has 0 aromatic heterocycles. The van der Waals surface area contributed by atoms with E-state index in [-0.39, 0.29) is 48.0 Å². The molecule has 2 fully saturated rings. The van der Waals surface area contributed by atoms with E-state index in [1.54, 1.807) is 0 Å². The fourth-order valence-electron chi connectivity index (χ4n) is 7.03. The average Bonchev–Trinajstić information content (AvgIpc) is 3.06. The van der Waals surface area contributed by atoms with Crippen molar-refractivity contribution in [3.63, 3.8) is 0 Å². The van der Waals surface area contributed by atoms with Crippen LogP contribution in [0.15, 0.2) is 71.6 Å². The number of sulfone groups is 1. The molecule has 1 amide bonds. The molecule has 0 saturated heterocycles. The van der Waals surface area contributed by atoms with Gasteiger partial charge in [-0.05, 0) is 93.3 Å². The maximum Gasteiger partial charge on any atom is 0.430 e. The van der Waals surface area contributed by atoms with Gasteiger partial charge in [0.2, 0.25) is 5.91 Å². The Kier molecular flexibility index (Phi) is 10.9. The number of hydrogen-bond donors (Lipinski definition) is 2. The van der Waals surface area contributed by atoms with E-state index in [4.69, 9.17) is 0 Å². The molecule has 3 aromatic carbocycles. The van der Waals surface area contributed by atoms with Crippen molar-refractivity contribution < 1.29 is 62.6 Å². The van der Waals surface area contributed by atoms with Crippen LogP contribution in [0.25, 0.3) is 0 Å². The summed E-state index contributed by atoms with van der Waals surface area (Å²) in [7, 11) is -4.50. The number of carbonyl (C=O) groups is 1. The molecule has 2 aliphatic rings. The predicted octanol–water partition coefficient (Wildman–Crippen LogP) is 7.92. The molecule has 0 radical (unpaired) electrons. The highest BCUT2D eigenvalue weighted by molar-refractivity contribution is 7.92. The molecule has 16 heteroatoms. The van der Waals surface area contributed by atoms with Gasteiger partial charge in [-0.3, -0.25) is 4.79 Å². The van der Waals surface area contributed by atoms with Crippen LogP contribution in [-0.2, 0) is 36.3 Å². The van der Waals surface area contributed by atoms with E-state index in [2.05, 4.69) is 10.1 Å². The van der Waals surface area contributed by atoms with Crippen molar-refractivity contribution >= 4 is 15.7 Å². The topological polar surface area (TPSA) is 92.7 Å². The van der Waals surface area contributed by atoms with Crippen molar-refractivity contribution in [2.45, 2.75) is 97.7 Å². The second-order valence-corrected chi connectivity index (χ2v) is 15.2. The average molecular weight is 752 g/mol. The van der Waals surface area contributed by atoms with Crippen LogP contribution in [0.2, 0.25) is 0 Å². The first kappa shape index (κ1) is 38.6. The highest BCUT2D eigenvalue weighted by atomic mass is 32.2. The summed E-state index contributed by atoms with van der Waals surface area (Å²) in [5, 5.41) is 12.7. The number of hydrogen-bond acceptors (Lipinski definition) is 5. The molecule has 0 aliphatic heterocycles. The molecule has 2 saturated carbocycles. The van der Waals surface area contributed by atoms with Crippen LogP contribution < -0.4 is 5.32 Å². The van der Waals surface area contributed by atoms with E-state index in [1.165, 1.54) is 0 Å². The molecule has 278 valence electrons. The molecule has 0 bridgehead atoms. The van der Waals surface area contributed by atoms with Gasteiger partial charge < -0.3 is 15.2 Å². The first-order valence-electron chi connectivity index (χ1n) is 16.1. The summed E-state index contributed by atoms with van der Waals surface area (Å²) in [5.74, 6) is -4.23. The number of aliphatic hydroxyl groups excluding tert-OH is 1. The van der Waals surface area contributed by atoms with E-state index < -0.39 is 79.9 Å². The third-order valence-electron chi connectivity index (χ3n) is 9.96. The largest absolute Gasteiger partial charge is 0.430 e. The van der Waals surface area contributed by atoms with Gasteiger partial charge in [0.15, 0.2) is 9.84 Å². The van der Waals surface area contributed by atoms with Crippen molar-refractivity contribution in [2.24, 2.45) is 5.92 Å². The zero-order chi connectivity index (χ0) is 37.4. The zero-order valence-electron chi connectivity index (χ0n) is 26.8. The standard InChI is InChI=1S/C35H34F9NO5S/c36-24-10-14-27(15-11-24)51(48,49)32(18-16-25(17-19-32)45-31(47)21-4-12-26(46)13-5-21)22-6-8-23(9-7-22)33(34(39,40)41,35(42,43)44)50-20-28-29(37)2-1-3-30(28)38/h1-3,6-11,14-15,21,25-26,46H,4-5,12-13,16-20H2,(H,45,47). The number of rotatable bonds is 9. The number of alkyl halides is 6. The molecule has 6 nitrogen and oxygen atoms in total. The summed E-state index contributed by atoms with van der Waals surface area (Å²) in [4.78, 5) is 12.6. The lowest BCUT2D eigenvalue weighted by Crippen LogP contribution is -2.56. The van der Waals surface area contributed by atoms with Gasteiger partial charge in [-0.1, -0.05) is 30.3 Å². The zero-order valence-corrected chi connectivity index (χ0v) is 27.7. The summed E-state index contributed by atoms with van der Waals surface area (Å²) in [6.45, 7) is -1.75. The van der Waals surface area contributed by atoms with Crippen LogP contribution in [0.1, 0.15) is 68.1 Å². The lowest BCUT2D eigenvalue weighted by molar-refractivity contribution is -0.392. The Morgan fingerprint density at radius 1 is 0.784 bits per heavy atom. The van der Waals surface area contributed by atoms with E-state index in [1.807, 2.05) is 0 Å². The van der Waals surface area contributed by atoms with Gasteiger partial charge in [0.1, 0.15) is 22.2 Å². The summed E-state index contributed by atoms with van der Waals surface area (Å²) in [5.41, 5.74) is -7.93. The fraction of sp³-hybridized carbons (Fsp3) is 0.457. The van der Waals surface area contributed by atoms with Gasteiger partial charge >= 0.3 is 12.4 Å². The number of aliphatic hydroxyl groups is 1. The molecule has 5 rings (SSSR count).